The number of aromatic amines is 1. The minimum Gasteiger partial charge on any atom is -0.495 e. The van der Waals surface area contributed by atoms with Crippen molar-refractivity contribution in [2.45, 2.75) is 13.3 Å². The maximum absolute atomic E-state index is 12.2. The van der Waals surface area contributed by atoms with Gasteiger partial charge in [-0.2, -0.15) is 0 Å². The highest BCUT2D eigenvalue weighted by Gasteiger charge is 2.11. The van der Waals surface area contributed by atoms with E-state index in [-0.39, 0.29) is 5.91 Å². The van der Waals surface area contributed by atoms with Gasteiger partial charge in [0.2, 0.25) is 5.91 Å². The first-order chi connectivity index (χ1) is 10.7. The molecule has 0 saturated heterocycles. The van der Waals surface area contributed by atoms with E-state index in [1.807, 2.05) is 55.6 Å². The van der Waals surface area contributed by atoms with Gasteiger partial charge in [0.15, 0.2) is 0 Å². The van der Waals surface area contributed by atoms with E-state index >= 15 is 0 Å². The lowest BCUT2D eigenvalue weighted by molar-refractivity contribution is -0.115. The topological polar surface area (TPSA) is 54.1 Å². The smallest absolute Gasteiger partial charge is 0.228 e. The van der Waals surface area contributed by atoms with Gasteiger partial charge in [0.25, 0.3) is 0 Å². The number of carbonyl (C=O) groups is 1. The number of nitrogens with one attached hydrogen (secondary N) is 2. The van der Waals surface area contributed by atoms with Crippen LogP contribution in [0.25, 0.3) is 10.9 Å². The molecule has 0 radical (unpaired) electrons. The van der Waals surface area contributed by atoms with Crippen molar-refractivity contribution in [1.82, 2.24) is 4.98 Å². The number of rotatable bonds is 4. The number of carbonyl (C=O) groups excluding carboxylic acids is 1. The molecule has 0 bridgehead atoms. The van der Waals surface area contributed by atoms with Crippen molar-refractivity contribution < 1.29 is 9.53 Å². The quantitative estimate of drug-likeness (QED) is 0.771. The van der Waals surface area contributed by atoms with Crippen LogP contribution in [0, 0.1) is 6.92 Å². The van der Waals surface area contributed by atoms with Crippen molar-refractivity contribution in [3.05, 3.63) is 59.8 Å². The molecule has 0 unspecified atom stereocenters. The van der Waals surface area contributed by atoms with Crippen molar-refractivity contribution in [2.24, 2.45) is 0 Å². The van der Waals surface area contributed by atoms with Crippen LogP contribution in [-0.2, 0) is 11.2 Å². The Bertz CT molecular complexity index is 804. The fraction of sp³-hybridized carbons (Fsp3) is 0.167. The van der Waals surface area contributed by atoms with Gasteiger partial charge >= 0.3 is 0 Å². The molecule has 0 aliphatic heterocycles. The van der Waals surface area contributed by atoms with Gasteiger partial charge in [0, 0.05) is 17.3 Å². The number of benzene rings is 2. The molecule has 2 N–H and O–H groups in total. The van der Waals surface area contributed by atoms with E-state index < -0.39 is 0 Å². The van der Waals surface area contributed by atoms with Crippen LogP contribution in [0.1, 0.15) is 11.1 Å². The Labute approximate surface area is 129 Å². The van der Waals surface area contributed by atoms with Crippen molar-refractivity contribution in [2.75, 3.05) is 12.4 Å². The van der Waals surface area contributed by atoms with Crippen molar-refractivity contribution in [3.8, 4) is 5.75 Å². The van der Waals surface area contributed by atoms with E-state index in [9.17, 15) is 4.79 Å². The first-order valence-electron chi connectivity index (χ1n) is 7.17. The van der Waals surface area contributed by atoms with E-state index in [1.165, 1.54) is 5.56 Å². The van der Waals surface area contributed by atoms with Gasteiger partial charge in [-0.25, -0.2) is 0 Å². The standard InChI is InChI=1S/C18H18N2O2/c1-12-6-8-14(9-7-12)20-17(21)10-13-11-19-18-15(13)4-3-5-16(18)22-2/h3-9,11,19H,10H2,1-2H3,(H,20,21). The summed E-state index contributed by atoms with van der Waals surface area (Å²) in [5.41, 5.74) is 3.86. The minimum atomic E-state index is -0.0347. The largest absolute Gasteiger partial charge is 0.495 e. The molecule has 0 saturated carbocycles. The zero-order valence-electron chi connectivity index (χ0n) is 12.6. The van der Waals surface area contributed by atoms with E-state index in [4.69, 9.17) is 4.74 Å². The lowest BCUT2D eigenvalue weighted by Gasteiger charge is -2.05. The zero-order chi connectivity index (χ0) is 15.5. The van der Waals surface area contributed by atoms with Gasteiger partial charge in [-0.1, -0.05) is 29.8 Å². The van der Waals surface area contributed by atoms with E-state index in [1.54, 1.807) is 7.11 Å². The summed E-state index contributed by atoms with van der Waals surface area (Å²) >= 11 is 0. The molecule has 112 valence electrons. The molecule has 0 aliphatic rings. The van der Waals surface area contributed by atoms with Crippen LogP contribution in [-0.4, -0.2) is 18.0 Å². The number of amides is 1. The molecule has 1 aromatic heterocycles. The Hall–Kier alpha value is -2.75. The third kappa shape index (κ3) is 2.81. The Morgan fingerprint density at radius 3 is 2.68 bits per heavy atom. The van der Waals surface area contributed by atoms with Crippen LogP contribution in [0.5, 0.6) is 5.75 Å². The molecule has 3 aromatic rings. The van der Waals surface area contributed by atoms with Crippen LogP contribution in [0.3, 0.4) is 0 Å². The Balaban J connectivity index is 1.78. The Morgan fingerprint density at radius 1 is 1.18 bits per heavy atom. The maximum atomic E-state index is 12.2. The predicted molar refractivity (Wildman–Crippen MR) is 88.4 cm³/mol. The summed E-state index contributed by atoms with van der Waals surface area (Å²) in [5.74, 6) is 0.746. The number of ether oxygens (including phenoxy) is 1. The molecular weight excluding hydrogens is 276 g/mol. The fourth-order valence-corrected chi connectivity index (χ4v) is 2.52. The number of fused-ring (bicyclic) bond motifs is 1. The summed E-state index contributed by atoms with van der Waals surface area (Å²) in [6.45, 7) is 2.02. The number of para-hydroxylation sites is 1. The van der Waals surface area contributed by atoms with E-state index in [2.05, 4.69) is 10.3 Å². The van der Waals surface area contributed by atoms with Gasteiger partial charge in [-0.3, -0.25) is 4.79 Å². The summed E-state index contributed by atoms with van der Waals surface area (Å²) in [6.07, 6.45) is 2.18. The third-order valence-electron chi connectivity index (χ3n) is 3.67. The number of anilines is 1. The normalized spacial score (nSPS) is 10.6. The predicted octanol–water partition coefficient (Wildman–Crippen LogP) is 3.67. The van der Waals surface area contributed by atoms with Gasteiger partial charge in [0.05, 0.1) is 19.0 Å². The van der Waals surface area contributed by atoms with Gasteiger partial charge in [0.1, 0.15) is 5.75 Å². The fourth-order valence-electron chi connectivity index (χ4n) is 2.52. The lowest BCUT2D eigenvalue weighted by Crippen LogP contribution is -2.14. The molecule has 0 spiro atoms. The average molecular weight is 294 g/mol. The number of aromatic nitrogens is 1. The summed E-state index contributed by atoms with van der Waals surface area (Å²) < 4.78 is 5.32. The molecule has 1 heterocycles. The highest BCUT2D eigenvalue weighted by atomic mass is 16.5. The molecule has 3 rings (SSSR count). The molecule has 0 atom stereocenters. The molecule has 0 fully saturated rings. The lowest BCUT2D eigenvalue weighted by atomic mass is 10.1. The summed E-state index contributed by atoms with van der Waals surface area (Å²) in [7, 11) is 1.64. The number of H-pyrrole nitrogens is 1. The SMILES string of the molecule is COc1cccc2c(CC(=O)Nc3ccc(C)cc3)c[nH]c12. The van der Waals surface area contributed by atoms with Crippen molar-refractivity contribution >= 4 is 22.5 Å². The van der Waals surface area contributed by atoms with E-state index in [0.717, 1.165) is 27.9 Å². The molecule has 2 aromatic carbocycles. The molecule has 4 heteroatoms. The van der Waals surface area contributed by atoms with Crippen LogP contribution in [0.4, 0.5) is 5.69 Å². The highest BCUT2D eigenvalue weighted by Crippen LogP contribution is 2.27. The molecule has 22 heavy (non-hydrogen) atoms. The first kappa shape index (κ1) is 14.2. The van der Waals surface area contributed by atoms with Gasteiger partial charge in [-0.15, -0.1) is 0 Å². The molecule has 4 nitrogen and oxygen atoms in total. The number of hydrogen-bond acceptors (Lipinski definition) is 2. The average Bonchev–Trinajstić information content (AvgIpc) is 2.92. The second kappa shape index (κ2) is 5.93. The Morgan fingerprint density at radius 2 is 1.95 bits per heavy atom. The molecular formula is C18H18N2O2. The first-order valence-corrected chi connectivity index (χ1v) is 7.17. The summed E-state index contributed by atoms with van der Waals surface area (Å²) in [5, 5.41) is 3.93. The summed E-state index contributed by atoms with van der Waals surface area (Å²) in [6, 6.07) is 13.6. The number of hydrogen-bond donors (Lipinski definition) is 2. The molecule has 1 amide bonds. The number of methoxy groups -OCH3 is 1. The second-order valence-electron chi connectivity index (χ2n) is 5.29. The van der Waals surface area contributed by atoms with E-state index in [0.29, 0.717) is 6.42 Å². The minimum absolute atomic E-state index is 0.0347. The molecule has 0 aliphatic carbocycles. The van der Waals surface area contributed by atoms with Crippen LogP contribution in [0.2, 0.25) is 0 Å². The zero-order valence-corrected chi connectivity index (χ0v) is 12.6. The maximum Gasteiger partial charge on any atom is 0.228 e. The van der Waals surface area contributed by atoms with Crippen molar-refractivity contribution in [1.29, 1.82) is 0 Å². The van der Waals surface area contributed by atoms with Gasteiger partial charge < -0.3 is 15.0 Å². The number of aryl methyl sites for hydroxylation is 1. The highest BCUT2D eigenvalue weighted by molar-refractivity contribution is 5.96. The van der Waals surface area contributed by atoms with Crippen LogP contribution >= 0.6 is 0 Å². The summed E-state index contributed by atoms with van der Waals surface area (Å²) in [4.78, 5) is 15.4. The van der Waals surface area contributed by atoms with Gasteiger partial charge in [-0.05, 0) is 30.7 Å². The monoisotopic (exact) mass is 294 g/mol. The van der Waals surface area contributed by atoms with Crippen molar-refractivity contribution in [3.63, 3.8) is 0 Å². The van der Waals surface area contributed by atoms with Crippen LogP contribution in [0.15, 0.2) is 48.7 Å². The second-order valence-corrected chi connectivity index (χ2v) is 5.29. The third-order valence-corrected chi connectivity index (χ3v) is 3.67. The Kier molecular flexibility index (Phi) is 3.83. The van der Waals surface area contributed by atoms with Crippen LogP contribution < -0.4 is 10.1 Å².